The molecule has 1 fully saturated rings. The van der Waals surface area contributed by atoms with Gasteiger partial charge in [0.2, 0.25) is 0 Å². The molecule has 3 unspecified atom stereocenters. The van der Waals surface area contributed by atoms with Crippen LogP contribution in [0.25, 0.3) is 0 Å². The van der Waals surface area contributed by atoms with E-state index >= 15 is 0 Å². The van der Waals surface area contributed by atoms with Crippen LogP contribution in [0.1, 0.15) is 23.5 Å². The average Bonchev–Trinajstić information content (AvgIpc) is 2.97. The Balaban J connectivity index is 1.65. The van der Waals surface area contributed by atoms with E-state index in [2.05, 4.69) is 5.32 Å². The normalized spacial score (nSPS) is 22.6. The van der Waals surface area contributed by atoms with E-state index in [4.69, 9.17) is 0 Å². The number of fused-ring (bicyclic) bond motifs is 4. The molecule has 2 aliphatic rings. The summed E-state index contributed by atoms with van der Waals surface area (Å²) in [5.41, 5.74) is 3.23. The van der Waals surface area contributed by atoms with Gasteiger partial charge in [0.1, 0.15) is 5.78 Å². The van der Waals surface area contributed by atoms with E-state index < -0.39 is 16.1 Å². The topological polar surface area (TPSA) is 66.5 Å². The van der Waals surface area contributed by atoms with Gasteiger partial charge in [-0.25, -0.2) is 8.42 Å². The van der Waals surface area contributed by atoms with Crippen LogP contribution in [-0.4, -0.2) is 26.3 Å². The van der Waals surface area contributed by atoms with Crippen molar-refractivity contribution in [1.29, 1.82) is 0 Å². The van der Waals surface area contributed by atoms with Crippen molar-refractivity contribution in [2.45, 2.75) is 36.2 Å². The second-order valence-electron chi connectivity index (χ2n) is 7.92. The predicted molar refractivity (Wildman–Crippen MR) is 117 cm³/mol. The van der Waals surface area contributed by atoms with E-state index in [1.807, 2.05) is 55.5 Å². The Labute approximate surface area is 176 Å². The van der Waals surface area contributed by atoms with Crippen LogP contribution >= 0.6 is 0 Å². The third kappa shape index (κ3) is 2.91. The minimum Gasteiger partial charge on any atom is -0.379 e. The maximum absolute atomic E-state index is 13.7. The van der Waals surface area contributed by atoms with E-state index in [-0.39, 0.29) is 29.1 Å². The van der Waals surface area contributed by atoms with Crippen LogP contribution in [0.5, 0.6) is 0 Å². The first kappa shape index (κ1) is 18.9. The van der Waals surface area contributed by atoms with Crippen molar-refractivity contribution in [1.82, 2.24) is 0 Å². The van der Waals surface area contributed by atoms with Crippen LogP contribution in [0.15, 0.2) is 83.8 Å². The molecule has 5 rings (SSSR count). The molecule has 3 atom stereocenters. The Hall–Kier alpha value is -3.12. The Bertz CT molecular complexity index is 1210. The highest BCUT2D eigenvalue weighted by Gasteiger charge is 2.54. The van der Waals surface area contributed by atoms with Crippen molar-refractivity contribution in [2.75, 3.05) is 9.62 Å². The van der Waals surface area contributed by atoms with E-state index in [1.54, 1.807) is 30.3 Å². The lowest BCUT2D eigenvalue weighted by atomic mass is 9.88. The maximum Gasteiger partial charge on any atom is 0.264 e. The van der Waals surface area contributed by atoms with Crippen LogP contribution in [0.3, 0.4) is 0 Å². The maximum atomic E-state index is 13.7. The smallest absolute Gasteiger partial charge is 0.264 e. The first-order valence-corrected chi connectivity index (χ1v) is 11.4. The van der Waals surface area contributed by atoms with Gasteiger partial charge in [0.25, 0.3) is 10.0 Å². The molecule has 0 amide bonds. The monoisotopic (exact) mass is 418 g/mol. The highest BCUT2D eigenvalue weighted by atomic mass is 32.2. The number of para-hydroxylation sites is 2. The molecule has 152 valence electrons. The number of carbonyl (C=O) groups is 1. The van der Waals surface area contributed by atoms with Gasteiger partial charge in [0.15, 0.2) is 0 Å². The Morgan fingerprint density at radius 3 is 2.30 bits per heavy atom. The van der Waals surface area contributed by atoms with E-state index in [0.717, 1.165) is 16.8 Å². The molecule has 5 nitrogen and oxygen atoms in total. The standard InChI is InChI=1S/C24H22N2O3S/c1-16-11-13-18(14-12-16)30(28,29)26-20-10-6-5-9-19(20)23-22(27)15-21(26)24(23)25-17-7-3-2-4-8-17/h2-14,21,23-25H,15H2,1H3. The molecule has 1 saturated carbocycles. The lowest BCUT2D eigenvalue weighted by molar-refractivity contribution is -0.118. The van der Waals surface area contributed by atoms with Gasteiger partial charge < -0.3 is 5.32 Å². The summed E-state index contributed by atoms with van der Waals surface area (Å²) in [6.45, 7) is 1.92. The Morgan fingerprint density at radius 1 is 0.900 bits per heavy atom. The molecular formula is C24H22N2O3S. The van der Waals surface area contributed by atoms with Gasteiger partial charge in [-0.3, -0.25) is 9.10 Å². The van der Waals surface area contributed by atoms with Crippen LogP contribution in [0, 0.1) is 6.92 Å². The number of aryl methyl sites for hydroxylation is 1. The van der Waals surface area contributed by atoms with E-state index in [9.17, 15) is 13.2 Å². The molecule has 1 heterocycles. The zero-order valence-electron chi connectivity index (χ0n) is 16.5. The third-order valence-electron chi connectivity index (χ3n) is 6.03. The second-order valence-corrected chi connectivity index (χ2v) is 9.74. The van der Waals surface area contributed by atoms with Crippen LogP contribution < -0.4 is 9.62 Å². The summed E-state index contributed by atoms with van der Waals surface area (Å²) < 4.78 is 28.9. The second kappa shape index (κ2) is 6.99. The zero-order valence-corrected chi connectivity index (χ0v) is 17.3. The summed E-state index contributed by atoms with van der Waals surface area (Å²) in [7, 11) is -3.83. The fraction of sp³-hybridized carbons (Fsp3) is 0.208. The quantitative estimate of drug-likeness (QED) is 0.692. The van der Waals surface area contributed by atoms with Crippen LogP contribution in [0.4, 0.5) is 11.4 Å². The number of carbonyl (C=O) groups excluding carboxylic acids is 1. The van der Waals surface area contributed by atoms with Crippen molar-refractivity contribution in [3.63, 3.8) is 0 Å². The molecule has 1 aliphatic heterocycles. The fourth-order valence-electron chi connectivity index (χ4n) is 4.65. The number of hydrogen-bond donors (Lipinski definition) is 1. The molecule has 0 spiro atoms. The lowest BCUT2D eigenvalue weighted by Gasteiger charge is -2.41. The first-order chi connectivity index (χ1) is 14.5. The Kier molecular flexibility index (Phi) is 4.40. The molecule has 0 radical (unpaired) electrons. The lowest BCUT2D eigenvalue weighted by Crippen LogP contribution is -2.51. The summed E-state index contributed by atoms with van der Waals surface area (Å²) in [6, 6.07) is 23.1. The predicted octanol–water partition coefficient (Wildman–Crippen LogP) is 4.11. The number of rotatable bonds is 4. The highest BCUT2D eigenvalue weighted by molar-refractivity contribution is 7.92. The molecule has 3 aromatic carbocycles. The van der Waals surface area contributed by atoms with Gasteiger partial charge in [-0.15, -0.1) is 0 Å². The zero-order chi connectivity index (χ0) is 20.9. The number of ketones is 1. The Morgan fingerprint density at radius 2 is 1.57 bits per heavy atom. The largest absolute Gasteiger partial charge is 0.379 e. The van der Waals surface area contributed by atoms with Crippen molar-refractivity contribution in [3.05, 3.63) is 90.0 Å². The van der Waals surface area contributed by atoms with Gasteiger partial charge in [-0.2, -0.15) is 0 Å². The first-order valence-electron chi connectivity index (χ1n) is 10.0. The number of Topliss-reactive ketones (excluding diaryl/α,β-unsaturated/α-hetero) is 1. The van der Waals surface area contributed by atoms with Crippen molar-refractivity contribution < 1.29 is 13.2 Å². The SMILES string of the molecule is Cc1ccc(S(=O)(=O)N2c3ccccc3C3C(=O)CC2C3Nc2ccccc2)cc1. The van der Waals surface area contributed by atoms with Gasteiger partial charge in [0.05, 0.1) is 28.6 Å². The van der Waals surface area contributed by atoms with Crippen LogP contribution in [0.2, 0.25) is 0 Å². The van der Waals surface area contributed by atoms with Gasteiger partial charge in [-0.1, -0.05) is 54.1 Å². The number of sulfonamides is 1. The number of anilines is 2. The van der Waals surface area contributed by atoms with E-state index in [0.29, 0.717) is 5.69 Å². The van der Waals surface area contributed by atoms with Crippen molar-refractivity contribution in [2.24, 2.45) is 0 Å². The molecule has 30 heavy (non-hydrogen) atoms. The molecular weight excluding hydrogens is 396 g/mol. The molecule has 0 aromatic heterocycles. The fourth-order valence-corrected chi connectivity index (χ4v) is 6.34. The molecule has 6 heteroatoms. The molecule has 3 aromatic rings. The summed E-state index contributed by atoms with van der Waals surface area (Å²) >= 11 is 0. The molecule has 1 aliphatic carbocycles. The van der Waals surface area contributed by atoms with Gasteiger partial charge in [0, 0.05) is 12.1 Å². The van der Waals surface area contributed by atoms with Gasteiger partial charge >= 0.3 is 0 Å². The summed E-state index contributed by atoms with van der Waals surface area (Å²) in [4.78, 5) is 13.2. The van der Waals surface area contributed by atoms with Crippen molar-refractivity contribution in [3.8, 4) is 0 Å². The summed E-state index contributed by atoms with van der Waals surface area (Å²) in [5.74, 6) is -0.293. The molecule has 2 bridgehead atoms. The van der Waals surface area contributed by atoms with E-state index in [1.165, 1.54) is 4.31 Å². The van der Waals surface area contributed by atoms with Crippen LogP contribution in [-0.2, 0) is 14.8 Å². The van der Waals surface area contributed by atoms with Crippen molar-refractivity contribution >= 4 is 27.2 Å². The van der Waals surface area contributed by atoms with Gasteiger partial charge in [-0.05, 0) is 42.8 Å². The minimum absolute atomic E-state index is 0.0717. The number of hydrogen-bond acceptors (Lipinski definition) is 4. The number of nitrogens with zero attached hydrogens (tertiary/aromatic N) is 1. The third-order valence-corrected chi connectivity index (χ3v) is 7.88. The average molecular weight is 419 g/mol. The number of benzene rings is 3. The molecule has 0 saturated heterocycles. The number of nitrogens with one attached hydrogen (secondary N) is 1. The molecule has 1 N–H and O–H groups in total. The highest BCUT2D eigenvalue weighted by Crippen LogP contribution is 2.48. The summed E-state index contributed by atoms with van der Waals surface area (Å²) in [5, 5.41) is 3.45. The minimum atomic E-state index is -3.83. The summed E-state index contributed by atoms with van der Waals surface area (Å²) in [6.07, 6.45) is 0.189.